The summed E-state index contributed by atoms with van der Waals surface area (Å²) in [5, 5.41) is 10.6. The van der Waals surface area contributed by atoms with Crippen LogP contribution in [0.3, 0.4) is 0 Å². The van der Waals surface area contributed by atoms with Crippen LogP contribution in [0.25, 0.3) is 0 Å². The second-order valence-corrected chi connectivity index (χ2v) is 31.0. The number of carbonyl (C=O) groups excluding carboxylic acids is 4. The van der Waals surface area contributed by atoms with Gasteiger partial charge in [0.2, 0.25) is 0 Å². The van der Waals surface area contributed by atoms with E-state index in [1.807, 2.05) is 0 Å². The van der Waals surface area contributed by atoms with Gasteiger partial charge in [-0.25, -0.2) is 9.13 Å². The minimum atomic E-state index is -4.96. The molecule has 3 N–H and O–H groups in total. The van der Waals surface area contributed by atoms with E-state index in [-0.39, 0.29) is 25.7 Å². The minimum absolute atomic E-state index is 0.108. The first kappa shape index (κ1) is 95.1. The van der Waals surface area contributed by atoms with Gasteiger partial charge in [0.25, 0.3) is 0 Å². The van der Waals surface area contributed by atoms with Crippen molar-refractivity contribution in [1.29, 1.82) is 0 Å². The van der Waals surface area contributed by atoms with Crippen molar-refractivity contribution in [2.75, 3.05) is 39.6 Å². The lowest BCUT2D eigenvalue weighted by atomic mass is 10.0. The van der Waals surface area contributed by atoms with E-state index in [0.717, 1.165) is 89.9 Å². The molecule has 0 saturated heterocycles. The Labute approximate surface area is 594 Å². The first-order valence-corrected chi connectivity index (χ1v) is 43.8. The van der Waals surface area contributed by atoms with Gasteiger partial charge in [-0.15, -0.1) is 0 Å². The van der Waals surface area contributed by atoms with Crippen LogP contribution in [-0.4, -0.2) is 96.7 Å². The van der Waals surface area contributed by atoms with E-state index in [4.69, 9.17) is 37.0 Å². The first-order chi connectivity index (χ1) is 47.2. The number of phosphoric acid groups is 2. The molecule has 0 aliphatic carbocycles. The van der Waals surface area contributed by atoms with Crippen molar-refractivity contribution in [3.63, 3.8) is 0 Å². The van der Waals surface area contributed by atoms with Crippen molar-refractivity contribution >= 4 is 39.5 Å². The normalized spacial score (nSPS) is 13.8. The number of aliphatic hydroxyl groups excluding tert-OH is 1. The van der Waals surface area contributed by atoms with E-state index in [0.29, 0.717) is 25.7 Å². The van der Waals surface area contributed by atoms with Gasteiger partial charge in [-0.2, -0.15) is 0 Å². The Bertz CT molecular complexity index is 1840. The molecule has 0 radical (unpaired) electrons. The summed E-state index contributed by atoms with van der Waals surface area (Å²) >= 11 is 0. The van der Waals surface area contributed by atoms with Crippen LogP contribution in [-0.2, 0) is 65.4 Å². The number of esters is 4. The molecule has 0 spiro atoms. The number of hydrogen-bond acceptors (Lipinski definition) is 15. The summed E-state index contributed by atoms with van der Waals surface area (Å²) < 4.78 is 68.6. The zero-order valence-corrected chi connectivity index (χ0v) is 64.8. The molecule has 0 bridgehead atoms. The Morgan fingerprint density at radius 2 is 0.412 bits per heavy atom. The SMILES string of the molecule is CCCCCCCCCCCCCCCCCCCCCCC(=O)O[C@H](COC(=O)CCCCCCCCCCCCCCCCCC)COP(=O)(O)OC[C@@H](O)COP(=O)(O)OC[C@@H](COC(=O)CCCCCCCCCCCC)OC(=O)CCCCCCCCCCCCC. The molecule has 0 heterocycles. The molecule has 0 aromatic rings. The predicted octanol–water partition coefficient (Wildman–Crippen LogP) is 23.4. The average Bonchev–Trinajstić information content (AvgIpc) is 1.39. The largest absolute Gasteiger partial charge is 0.472 e. The summed E-state index contributed by atoms with van der Waals surface area (Å²) in [5.41, 5.74) is 0. The number of phosphoric ester groups is 2. The standard InChI is InChI=1S/C78H152O17P2/c1-5-9-13-17-21-25-29-31-33-35-36-37-38-40-42-45-49-53-57-61-65-78(83)95-74(69-89-76(81)63-59-55-51-47-44-41-39-34-32-30-26-22-18-14-10-6-2)71-93-97(86,87)91-67-72(79)66-90-96(84,85)92-70-73(68-88-75(80)62-58-54-50-46-28-24-20-16-12-8-4)94-77(82)64-60-56-52-48-43-27-23-19-15-11-7-3/h72-74,79H,5-71H2,1-4H3,(H,84,85)(H,86,87)/t72-,73+,74+/m0/s1. The summed E-state index contributed by atoms with van der Waals surface area (Å²) in [5.74, 6) is -2.11. The molecule has 0 aliphatic heterocycles. The highest BCUT2D eigenvalue weighted by Gasteiger charge is 2.30. The molecule has 0 aromatic carbocycles. The molecule has 19 heteroatoms. The van der Waals surface area contributed by atoms with Gasteiger partial charge in [0.1, 0.15) is 19.3 Å². The van der Waals surface area contributed by atoms with Gasteiger partial charge >= 0.3 is 39.5 Å². The second-order valence-electron chi connectivity index (χ2n) is 28.1. The summed E-state index contributed by atoms with van der Waals surface area (Å²) in [6, 6.07) is 0. The fraction of sp³-hybridized carbons (Fsp3) is 0.949. The highest BCUT2D eigenvalue weighted by molar-refractivity contribution is 7.47. The molecule has 2 unspecified atom stereocenters. The number of unbranched alkanes of at least 4 members (excludes halogenated alkanes) is 53. The van der Waals surface area contributed by atoms with Gasteiger partial charge in [-0.3, -0.25) is 37.3 Å². The van der Waals surface area contributed by atoms with Crippen molar-refractivity contribution in [2.24, 2.45) is 0 Å². The molecular formula is C78H152O17P2. The smallest absolute Gasteiger partial charge is 0.462 e. The molecule has 0 aromatic heterocycles. The quantitative estimate of drug-likeness (QED) is 0.0222. The summed E-state index contributed by atoms with van der Waals surface area (Å²) in [7, 11) is -9.91. The molecule has 0 rings (SSSR count). The lowest BCUT2D eigenvalue weighted by Crippen LogP contribution is -2.30. The number of aliphatic hydroxyl groups is 1. The monoisotopic (exact) mass is 1420 g/mol. The van der Waals surface area contributed by atoms with Crippen LogP contribution < -0.4 is 0 Å². The van der Waals surface area contributed by atoms with Crippen LogP contribution in [0.1, 0.15) is 419 Å². The number of carbonyl (C=O) groups is 4. The van der Waals surface area contributed by atoms with Gasteiger partial charge in [0.05, 0.1) is 26.4 Å². The van der Waals surface area contributed by atoms with Gasteiger partial charge < -0.3 is 33.8 Å². The zero-order chi connectivity index (χ0) is 71.1. The van der Waals surface area contributed by atoms with Crippen LogP contribution >= 0.6 is 15.6 Å². The third-order valence-corrected chi connectivity index (χ3v) is 20.3. The molecule has 576 valence electrons. The Balaban J connectivity index is 5.20. The summed E-state index contributed by atoms with van der Waals surface area (Å²) in [6.45, 7) is 4.99. The van der Waals surface area contributed by atoms with Gasteiger partial charge in [-0.1, -0.05) is 368 Å². The number of hydrogen-bond donors (Lipinski definition) is 3. The molecule has 17 nitrogen and oxygen atoms in total. The van der Waals surface area contributed by atoms with Crippen molar-refractivity contribution in [1.82, 2.24) is 0 Å². The zero-order valence-electron chi connectivity index (χ0n) is 63.1. The molecule has 0 aliphatic rings. The maximum absolute atomic E-state index is 13.1. The van der Waals surface area contributed by atoms with E-state index >= 15 is 0 Å². The third kappa shape index (κ3) is 72.2. The number of rotatable bonds is 79. The molecule has 0 saturated carbocycles. The molecule has 5 atom stereocenters. The Kier molecular flexibility index (Phi) is 71.0. The van der Waals surface area contributed by atoms with Crippen molar-refractivity contribution in [3.8, 4) is 0 Å². The van der Waals surface area contributed by atoms with Crippen LogP contribution in [0, 0.1) is 0 Å². The van der Waals surface area contributed by atoms with Crippen LogP contribution in [0.15, 0.2) is 0 Å². The maximum Gasteiger partial charge on any atom is 0.472 e. The Morgan fingerprint density at radius 3 is 0.608 bits per heavy atom. The van der Waals surface area contributed by atoms with Crippen LogP contribution in [0.5, 0.6) is 0 Å². The first-order valence-electron chi connectivity index (χ1n) is 40.8. The third-order valence-electron chi connectivity index (χ3n) is 18.4. The fourth-order valence-electron chi connectivity index (χ4n) is 12.1. The minimum Gasteiger partial charge on any atom is -0.462 e. The lowest BCUT2D eigenvalue weighted by molar-refractivity contribution is -0.161. The van der Waals surface area contributed by atoms with Crippen LogP contribution in [0.2, 0.25) is 0 Å². The van der Waals surface area contributed by atoms with E-state index in [2.05, 4.69) is 27.7 Å². The van der Waals surface area contributed by atoms with E-state index < -0.39 is 97.5 Å². The fourth-order valence-corrected chi connectivity index (χ4v) is 13.7. The highest BCUT2D eigenvalue weighted by atomic mass is 31.2. The summed E-state index contributed by atoms with van der Waals surface area (Å²) in [6.07, 6.45) is 63.8. The van der Waals surface area contributed by atoms with E-state index in [1.54, 1.807) is 0 Å². The van der Waals surface area contributed by atoms with E-state index in [9.17, 15) is 43.2 Å². The van der Waals surface area contributed by atoms with Gasteiger partial charge in [0.15, 0.2) is 12.2 Å². The van der Waals surface area contributed by atoms with Crippen LogP contribution in [0.4, 0.5) is 0 Å². The number of ether oxygens (including phenoxy) is 4. The van der Waals surface area contributed by atoms with Crippen molar-refractivity contribution in [3.05, 3.63) is 0 Å². The second kappa shape index (κ2) is 72.4. The molecule has 97 heavy (non-hydrogen) atoms. The van der Waals surface area contributed by atoms with Gasteiger partial charge in [0, 0.05) is 25.7 Å². The molecule has 0 amide bonds. The van der Waals surface area contributed by atoms with Crippen molar-refractivity contribution in [2.45, 2.75) is 438 Å². The maximum atomic E-state index is 13.1. The molecular weight excluding hydrogens is 1270 g/mol. The topological polar surface area (TPSA) is 237 Å². The average molecular weight is 1420 g/mol. The van der Waals surface area contributed by atoms with Crippen molar-refractivity contribution < 1.29 is 80.2 Å². The Hall–Kier alpha value is -1.94. The molecule has 0 fully saturated rings. The predicted molar refractivity (Wildman–Crippen MR) is 395 cm³/mol. The summed E-state index contributed by atoms with van der Waals surface area (Å²) in [4.78, 5) is 72.8. The lowest BCUT2D eigenvalue weighted by Gasteiger charge is -2.21. The Morgan fingerprint density at radius 1 is 0.247 bits per heavy atom. The highest BCUT2D eigenvalue weighted by Crippen LogP contribution is 2.45. The van der Waals surface area contributed by atoms with Gasteiger partial charge in [-0.05, 0) is 25.7 Å². The van der Waals surface area contributed by atoms with E-state index in [1.165, 1.54) is 250 Å².